The van der Waals surface area contributed by atoms with E-state index in [0.717, 1.165) is 0 Å². The Bertz CT molecular complexity index is 44.1. The molecule has 0 aliphatic rings. The maximum atomic E-state index is 9.37. The van der Waals surface area contributed by atoms with Crippen molar-refractivity contribution >= 4 is 5.97 Å². The minimum absolute atomic E-state index is 0. The van der Waals surface area contributed by atoms with Crippen LogP contribution < -0.4 is 0 Å². The predicted molar refractivity (Wildman–Crippen MR) is 17.9 cm³/mol. The number of carboxylic acids is 1. The van der Waals surface area contributed by atoms with Crippen LogP contribution in [-0.4, -0.2) is 11.1 Å². The molecule has 1 N–H and O–H groups in total. The molecule has 0 rings (SSSR count). The first-order valence-corrected chi connectivity index (χ1v) is 1.49. The summed E-state index contributed by atoms with van der Waals surface area (Å²) < 4.78 is 0. The van der Waals surface area contributed by atoms with Gasteiger partial charge >= 0.3 is 5.97 Å². The van der Waals surface area contributed by atoms with Crippen molar-refractivity contribution in [2.45, 2.75) is 13.3 Å². The topological polar surface area (TPSA) is 37.3 Å². The Labute approximate surface area is 50.2 Å². The summed E-state index contributed by atoms with van der Waals surface area (Å²) in [5.74, 6) is -0.745. The summed E-state index contributed by atoms with van der Waals surface area (Å²) in [5, 5.41) is 7.72. The van der Waals surface area contributed by atoms with Crippen molar-refractivity contribution in [3.05, 3.63) is 0 Å². The second-order valence-electron chi connectivity index (χ2n) is 0.747. The predicted octanol–water partition coefficient (Wildman–Crippen LogP) is 0.478. The van der Waals surface area contributed by atoms with E-state index in [1.54, 1.807) is 6.92 Å². The Morgan fingerprint density at radius 2 is 2.00 bits per heavy atom. The van der Waals surface area contributed by atoms with Crippen LogP contribution >= 0.6 is 0 Å². The Balaban J connectivity index is 0. The van der Waals surface area contributed by atoms with E-state index in [1.807, 2.05) is 0 Å². The summed E-state index contributed by atoms with van der Waals surface area (Å²) in [5.41, 5.74) is 0. The molecule has 0 amide bonds. The van der Waals surface area contributed by atoms with Crippen molar-refractivity contribution in [1.29, 1.82) is 0 Å². The standard InChI is InChI=1S/C3H6O2.Pd/c1-2-3(4)5;/h2H2,1H3,(H,4,5);. The molecule has 3 heteroatoms. The van der Waals surface area contributed by atoms with Crippen LogP contribution in [0.4, 0.5) is 0 Å². The summed E-state index contributed by atoms with van der Waals surface area (Å²) in [7, 11) is 0. The average molecular weight is 180 g/mol. The maximum Gasteiger partial charge on any atom is 0.303 e. The van der Waals surface area contributed by atoms with Gasteiger partial charge in [0, 0.05) is 26.8 Å². The zero-order chi connectivity index (χ0) is 4.28. The molecule has 0 fully saturated rings. The van der Waals surface area contributed by atoms with Crippen molar-refractivity contribution in [3.63, 3.8) is 0 Å². The zero-order valence-electron chi connectivity index (χ0n) is 3.38. The quantitative estimate of drug-likeness (QED) is 0.596. The zero-order valence-corrected chi connectivity index (χ0v) is 4.93. The van der Waals surface area contributed by atoms with Gasteiger partial charge in [0.15, 0.2) is 0 Å². The van der Waals surface area contributed by atoms with Gasteiger partial charge in [-0.15, -0.1) is 0 Å². The number of hydrogen-bond donors (Lipinski definition) is 1. The third kappa shape index (κ3) is 8.92. The fourth-order valence-electron chi connectivity index (χ4n) is 0. The van der Waals surface area contributed by atoms with Crippen LogP contribution in [0.2, 0.25) is 0 Å². The molecule has 0 saturated heterocycles. The van der Waals surface area contributed by atoms with Crippen LogP contribution in [0.1, 0.15) is 13.3 Å². The SMILES string of the molecule is CCC(=O)O.[Pd]. The molecule has 0 aliphatic heterocycles. The summed E-state index contributed by atoms with van der Waals surface area (Å²) in [6.07, 6.45) is 0.222. The van der Waals surface area contributed by atoms with Crippen molar-refractivity contribution < 1.29 is 30.3 Å². The first-order valence-electron chi connectivity index (χ1n) is 1.49. The number of rotatable bonds is 1. The van der Waals surface area contributed by atoms with Gasteiger partial charge in [-0.05, 0) is 0 Å². The third-order valence-electron chi connectivity index (χ3n) is 0.302. The molecule has 0 unspecified atom stereocenters. The van der Waals surface area contributed by atoms with Crippen molar-refractivity contribution in [2.24, 2.45) is 0 Å². The molecule has 6 heavy (non-hydrogen) atoms. The van der Waals surface area contributed by atoms with Gasteiger partial charge in [-0.3, -0.25) is 4.79 Å². The molecule has 40 valence electrons. The first-order chi connectivity index (χ1) is 2.27. The van der Waals surface area contributed by atoms with E-state index in [0.29, 0.717) is 0 Å². The monoisotopic (exact) mass is 180 g/mol. The first kappa shape index (κ1) is 9.46. The van der Waals surface area contributed by atoms with Gasteiger partial charge in [-0.25, -0.2) is 0 Å². The summed E-state index contributed by atoms with van der Waals surface area (Å²) in [4.78, 5) is 9.37. The third-order valence-corrected chi connectivity index (χ3v) is 0.302. The molecule has 0 atom stereocenters. The van der Waals surface area contributed by atoms with E-state index in [-0.39, 0.29) is 26.8 Å². The normalized spacial score (nSPS) is 6.17. The molecule has 0 saturated carbocycles. The fraction of sp³-hybridized carbons (Fsp3) is 0.667. The average Bonchev–Trinajstić information content (AvgIpc) is 1.38. The molecule has 0 aromatic rings. The van der Waals surface area contributed by atoms with Crippen LogP contribution in [0, 0.1) is 0 Å². The Morgan fingerprint density at radius 3 is 2.00 bits per heavy atom. The van der Waals surface area contributed by atoms with Gasteiger partial charge in [0.25, 0.3) is 0 Å². The van der Waals surface area contributed by atoms with Crippen molar-refractivity contribution in [3.8, 4) is 0 Å². The molecular weight excluding hydrogens is 174 g/mol. The van der Waals surface area contributed by atoms with Gasteiger partial charge in [-0.2, -0.15) is 0 Å². The maximum absolute atomic E-state index is 9.37. The minimum Gasteiger partial charge on any atom is -0.481 e. The molecule has 0 heterocycles. The Hall–Kier alpha value is 0.132. The Morgan fingerprint density at radius 1 is 1.83 bits per heavy atom. The second kappa shape index (κ2) is 5.13. The summed E-state index contributed by atoms with van der Waals surface area (Å²) >= 11 is 0. The van der Waals surface area contributed by atoms with E-state index >= 15 is 0 Å². The number of carboxylic acid groups (broad SMARTS) is 1. The molecule has 0 aromatic carbocycles. The van der Waals surface area contributed by atoms with Gasteiger partial charge < -0.3 is 5.11 Å². The van der Waals surface area contributed by atoms with Crippen LogP contribution in [0.5, 0.6) is 0 Å². The van der Waals surface area contributed by atoms with E-state index in [9.17, 15) is 4.79 Å². The Kier molecular flexibility index (Phi) is 8.09. The van der Waals surface area contributed by atoms with Crippen molar-refractivity contribution in [2.75, 3.05) is 0 Å². The fourth-order valence-corrected chi connectivity index (χ4v) is 0. The minimum atomic E-state index is -0.745. The molecule has 0 radical (unpaired) electrons. The molecular formula is C3H6O2Pd. The summed E-state index contributed by atoms with van der Waals surface area (Å²) in [6.45, 7) is 1.60. The van der Waals surface area contributed by atoms with Gasteiger partial charge in [0.1, 0.15) is 0 Å². The second-order valence-corrected chi connectivity index (χ2v) is 0.747. The van der Waals surface area contributed by atoms with Crippen LogP contribution in [0.3, 0.4) is 0 Å². The van der Waals surface area contributed by atoms with E-state index in [4.69, 9.17) is 5.11 Å². The number of carbonyl (C=O) groups is 1. The van der Waals surface area contributed by atoms with E-state index in [2.05, 4.69) is 0 Å². The van der Waals surface area contributed by atoms with Gasteiger partial charge in [0.2, 0.25) is 0 Å². The number of hydrogen-bond acceptors (Lipinski definition) is 1. The van der Waals surface area contributed by atoms with Crippen molar-refractivity contribution in [1.82, 2.24) is 0 Å². The van der Waals surface area contributed by atoms with Crippen LogP contribution in [0.25, 0.3) is 0 Å². The van der Waals surface area contributed by atoms with E-state index < -0.39 is 5.97 Å². The molecule has 0 aliphatic carbocycles. The number of aliphatic carboxylic acids is 1. The smallest absolute Gasteiger partial charge is 0.303 e. The molecule has 0 aromatic heterocycles. The van der Waals surface area contributed by atoms with E-state index in [1.165, 1.54) is 0 Å². The van der Waals surface area contributed by atoms with Crippen LogP contribution in [0.15, 0.2) is 0 Å². The molecule has 0 bridgehead atoms. The molecule has 2 nitrogen and oxygen atoms in total. The van der Waals surface area contributed by atoms with Crippen LogP contribution in [-0.2, 0) is 25.2 Å². The summed E-state index contributed by atoms with van der Waals surface area (Å²) in [6, 6.07) is 0. The van der Waals surface area contributed by atoms with Gasteiger partial charge in [-0.1, -0.05) is 6.92 Å². The largest absolute Gasteiger partial charge is 0.481 e. The molecule has 0 spiro atoms. The van der Waals surface area contributed by atoms with Gasteiger partial charge in [0.05, 0.1) is 0 Å².